The molecule has 0 aliphatic rings. The van der Waals surface area contributed by atoms with E-state index in [1.54, 1.807) is 0 Å². The molecule has 0 bridgehead atoms. The number of nitrogens with one attached hydrogen (secondary N) is 1. The van der Waals surface area contributed by atoms with E-state index in [4.69, 9.17) is 0 Å². The topological polar surface area (TPSA) is 12.0 Å². The average molecular weight is 197 g/mol. The Bertz CT molecular complexity index is 129. The Labute approximate surface area is 90.0 Å². The Hall–Kier alpha value is -0.300. The van der Waals surface area contributed by atoms with Crippen LogP contribution in [0.25, 0.3) is 0 Å². The molecule has 0 spiro atoms. The molecule has 0 saturated carbocycles. The van der Waals surface area contributed by atoms with Crippen LogP contribution >= 0.6 is 0 Å². The summed E-state index contributed by atoms with van der Waals surface area (Å²) in [4.78, 5) is 0. The molecule has 0 amide bonds. The molecule has 0 aromatic carbocycles. The molecule has 0 aliphatic carbocycles. The van der Waals surface area contributed by atoms with Gasteiger partial charge in [0.1, 0.15) is 0 Å². The van der Waals surface area contributed by atoms with Crippen LogP contribution in [-0.2, 0) is 0 Å². The van der Waals surface area contributed by atoms with Gasteiger partial charge in [-0.05, 0) is 38.8 Å². The molecule has 0 saturated heterocycles. The van der Waals surface area contributed by atoms with Gasteiger partial charge in [-0.2, -0.15) is 0 Å². The summed E-state index contributed by atoms with van der Waals surface area (Å²) in [5.41, 5.74) is 0. The van der Waals surface area contributed by atoms with Gasteiger partial charge in [0.15, 0.2) is 0 Å². The van der Waals surface area contributed by atoms with Gasteiger partial charge in [-0.15, -0.1) is 0 Å². The van der Waals surface area contributed by atoms with Crippen molar-refractivity contribution in [1.29, 1.82) is 0 Å². The molecule has 14 heavy (non-hydrogen) atoms. The fourth-order valence-corrected chi connectivity index (χ4v) is 1.59. The first-order valence-electron chi connectivity index (χ1n) is 6.12. The zero-order valence-corrected chi connectivity index (χ0v) is 10.2. The lowest BCUT2D eigenvalue weighted by atomic mass is 10.0. The summed E-state index contributed by atoms with van der Waals surface area (Å²) in [7, 11) is 2.03. The lowest BCUT2D eigenvalue weighted by molar-refractivity contribution is 0.546. The zero-order valence-electron chi connectivity index (χ0n) is 10.2. The van der Waals surface area contributed by atoms with Crippen molar-refractivity contribution in [2.75, 3.05) is 13.6 Å². The molecule has 1 nitrogen and oxygen atoms in total. The van der Waals surface area contributed by atoms with E-state index in [-0.39, 0.29) is 0 Å². The molecule has 0 rings (SSSR count). The molecular weight excluding hydrogens is 170 g/mol. The van der Waals surface area contributed by atoms with Crippen LogP contribution in [0.2, 0.25) is 0 Å². The van der Waals surface area contributed by atoms with Gasteiger partial charge in [0.2, 0.25) is 0 Å². The van der Waals surface area contributed by atoms with Gasteiger partial charge in [0.05, 0.1) is 0 Å². The Morgan fingerprint density at radius 3 is 2.50 bits per heavy atom. The van der Waals surface area contributed by atoms with Crippen LogP contribution in [-0.4, -0.2) is 13.6 Å². The highest BCUT2D eigenvalue weighted by Gasteiger charge is 1.96. The monoisotopic (exact) mass is 197 g/mol. The summed E-state index contributed by atoms with van der Waals surface area (Å²) in [6.07, 6.45) is 12.7. The molecule has 84 valence electrons. The molecule has 0 aromatic heterocycles. The van der Waals surface area contributed by atoms with Crippen LogP contribution in [0.3, 0.4) is 0 Å². The van der Waals surface area contributed by atoms with E-state index in [0.29, 0.717) is 0 Å². The first-order valence-corrected chi connectivity index (χ1v) is 6.12. The Kier molecular flexibility index (Phi) is 10.5. The molecule has 0 aromatic rings. The highest BCUT2D eigenvalue weighted by Crippen LogP contribution is 2.11. The third-order valence-corrected chi connectivity index (χ3v) is 2.54. The van der Waals surface area contributed by atoms with Crippen molar-refractivity contribution in [3.8, 4) is 0 Å². The van der Waals surface area contributed by atoms with Gasteiger partial charge < -0.3 is 5.32 Å². The Morgan fingerprint density at radius 1 is 1.14 bits per heavy atom. The third kappa shape index (κ3) is 9.79. The molecule has 1 N–H and O–H groups in total. The van der Waals surface area contributed by atoms with E-state index in [0.717, 1.165) is 5.92 Å². The second kappa shape index (κ2) is 10.8. The number of rotatable bonds is 9. The van der Waals surface area contributed by atoms with Crippen molar-refractivity contribution in [3.63, 3.8) is 0 Å². The van der Waals surface area contributed by atoms with Gasteiger partial charge in [-0.3, -0.25) is 0 Å². The van der Waals surface area contributed by atoms with Crippen LogP contribution in [0, 0.1) is 5.92 Å². The van der Waals surface area contributed by atoms with Crippen molar-refractivity contribution < 1.29 is 0 Å². The highest BCUT2D eigenvalue weighted by molar-refractivity contribution is 4.84. The second-order valence-corrected chi connectivity index (χ2v) is 4.12. The number of hydrogen-bond acceptors (Lipinski definition) is 1. The standard InChI is InChI=1S/C13H27N/c1-4-5-10-13(2)11-8-6-7-9-12-14-3/h5,10,13-14H,4,6-9,11-12H2,1-3H3/b10-5+. The summed E-state index contributed by atoms with van der Waals surface area (Å²) in [6, 6.07) is 0. The maximum Gasteiger partial charge on any atom is -0.00519 e. The molecule has 0 heterocycles. The fraction of sp³-hybridized carbons (Fsp3) is 0.846. The van der Waals surface area contributed by atoms with Crippen LogP contribution < -0.4 is 5.32 Å². The summed E-state index contributed by atoms with van der Waals surface area (Å²) in [5.74, 6) is 0.777. The SMILES string of the molecule is CC/C=C/C(C)CCCCCCNC. The van der Waals surface area contributed by atoms with Crippen molar-refractivity contribution in [2.24, 2.45) is 5.92 Å². The minimum Gasteiger partial charge on any atom is -0.320 e. The summed E-state index contributed by atoms with van der Waals surface area (Å²) in [6.45, 7) is 5.69. The first-order chi connectivity index (χ1) is 6.81. The molecule has 0 aliphatic heterocycles. The lowest BCUT2D eigenvalue weighted by Gasteiger charge is -2.05. The molecule has 1 heteroatoms. The van der Waals surface area contributed by atoms with E-state index in [2.05, 4.69) is 31.3 Å². The summed E-state index contributed by atoms with van der Waals surface area (Å²) >= 11 is 0. The summed E-state index contributed by atoms with van der Waals surface area (Å²) < 4.78 is 0. The van der Waals surface area contributed by atoms with E-state index in [9.17, 15) is 0 Å². The van der Waals surface area contributed by atoms with Crippen LogP contribution in [0.5, 0.6) is 0 Å². The Morgan fingerprint density at radius 2 is 1.86 bits per heavy atom. The van der Waals surface area contributed by atoms with E-state index < -0.39 is 0 Å². The van der Waals surface area contributed by atoms with Crippen molar-refractivity contribution >= 4 is 0 Å². The van der Waals surface area contributed by atoms with Gasteiger partial charge >= 0.3 is 0 Å². The largest absolute Gasteiger partial charge is 0.320 e. The van der Waals surface area contributed by atoms with Crippen LogP contribution in [0.4, 0.5) is 0 Å². The second-order valence-electron chi connectivity index (χ2n) is 4.12. The Balaban J connectivity index is 3.14. The smallest absolute Gasteiger partial charge is 0.00519 e. The minimum absolute atomic E-state index is 0.777. The van der Waals surface area contributed by atoms with E-state index in [1.165, 1.54) is 45.1 Å². The molecule has 1 atom stereocenters. The van der Waals surface area contributed by atoms with Crippen LogP contribution in [0.15, 0.2) is 12.2 Å². The molecular formula is C13H27N. The molecule has 0 radical (unpaired) electrons. The lowest BCUT2D eigenvalue weighted by Crippen LogP contribution is -2.06. The van der Waals surface area contributed by atoms with E-state index >= 15 is 0 Å². The van der Waals surface area contributed by atoms with Gasteiger partial charge in [-0.25, -0.2) is 0 Å². The quantitative estimate of drug-likeness (QED) is 0.438. The highest BCUT2D eigenvalue weighted by atomic mass is 14.8. The first kappa shape index (κ1) is 13.7. The minimum atomic E-state index is 0.777. The van der Waals surface area contributed by atoms with Crippen molar-refractivity contribution in [2.45, 2.75) is 52.4 Å². The average Bonchev–Trinajstić information content (AvgIpc) is 2.20. The van der Waals surface area contributed by atoms with Gasteiger partial charge in [-0.1, -0.05) is 45.3 Å². The van der Waals surface area contributed by atoms with Crippen LogP contribution in [0.1, 0.15) is 52.4 Å². The van der Waals surface area contributed by atoms with Crippen molar-refractivity contribution in [3.05, 3.63) is 12.2 Å². The molecule has 0 fully saturated rings. The van der Waals surface area contributed by atoms with E-state index in [1.807, 2.05) is 7.05 Å². The normalized spacial score (nSPS) is 13.6. The number of unbranched alkanes of at least 4 members (excludes halogenated alkanes) is 3. The maximum atomic E-state index is 3.18. The predicted molar refractivity (Wildman–Crippen MR) is 65.6 cm³/mol. The predicted octanol–water partition coefficient (Wildman–Crippen LogP) is 3.76. The van der Waals surface area contributed by atoms with Crippen molar-refractivity contribution in [1.82, 2.24) is 5.32 Å². The molecule has 1 unspecified atom stereocenters. The van der Waals surface area contributed by atoms with Gasteiger partial charge in [0, 0.05) is 0 Å². The zero-order chi connectivity index (χ0) is 10.6. The van der Waals surface area contributed by atoms with Gasteiger partial charge in [0.25, 0.3) is 0 Å². The fourth-order valence-electron chi connectivity index (χ4n) is 1.59. The third-order valence-electron chi connectivity index (χ3n) is 2.54. The number of hydrogen-bond donors (Lipinski definition) is 1. The summed E-state index contributed by atoms with van der Waals surface area (Å²) in [5, 5.41) is 3.18. The maximum absolute atomic E-state index is 3.18. The number of allylic oxidation sites excluding steroid dienone is 2.